The molecule has 18 heavy (non-hydrogen) atoms. The largest absolute Gasteiger partial charge is 0.292 e. The minimum atomic E-state index is -2.58. The fraction of sp³-hybridized carbons (Fsp3) is 0.692. The maximum Gasteiger partial charge on any atom is 0.248 e. The van der Waals surface area contributed by atoms with Crippen molar-refractivity contribution in [2.75, 3.05) is 0 Å². The highest BCUT2D eigenvalue weighted by molar-refractivity contribution is 5.96. The van der Waals surface area contributed by atoms with E-state index in [4.69, 9.17) is 0 Å². The molecule has 1 aromatic heterocycles. The third-order valence-electron chi connectivity index (χ3n) is 3.49. The molecule has 1 aromatic rings. The molecule has 100 valence electrons. The van der Waals surface area contributed by atoms with E-state index in [2.05, 4.69) is 5.10 Å². The van der Waals surface area contributed by atoms with Gasteiger partial charge in [-0.2, -0.15) is 5.10 Å². The van der Waals surface area contributed by atoms with Crippen LogP contribution in [0.3, 0.4) is 0 Å². The molecule has 1 aliphatic carbocycles. The summed E-state index contributed by atoms with van der Waals surface area (Å²) in [4.78, 5) is 12.3. The SMILES string of the molecule is CCCn1nccc1C(=O)C1CCC(F)(F)CC1. The Bertz CT molecular complexity index is 418. The van der Waals surface area contributed by atoms with Crippen LogP contribution in [0.5, 0.6) is 0 Å². The topological polar surface area (TPSA) is 34.9 Å². The van der Waals surface area contributed by atoms with Crippen molar-refractivity contribution in [3.8, 4) is 0 Å². The van der Waals surface area contributed by atoms with Gasteiger partial charge in [0.2, 0.25) is 5.92 Å². The molecule has 1 saturated carbocycles. The molecule has 1 heterocycles. The number of hydrogen-bond acceptors (Lipinski definition) is 2. The minimum Gasteiger partial charge on any atom is -0.292 e. The van der Waals surface area contributed by atoms with Gasteiger partial charge >= 0.3 is 0 Å². The first kappa shape index (κ1) is 13.2. The maximum absolute atomic E-state index is 13.1. The smallest absolute Gasteiger partial charge is 0.248 e. The summed E-state index contributed by atoms with van der Waals surface area (Å²) in [6.07, 6.45) is 2.70. The van der Waals surface area contributed by atoms with Gasteiger partial charge in [0.05, 0.1) is 0 Å². The predicted octanol–water partition coefficient (Wildman–Crippen LogP) is 3.30. The third kappa shape index (κ3) is 2.76. The van der Waals surface area contributed by atoms with Gasteiger partial charge in [-0.25, -0.2) is 8.78 Å². The normalized spacial score (nSPS) is 19.9. The van der Waals surface area contributed by atoms with E-state index in [0.717, 1.165) is 6.42 Å². The number of ketones is 1. The third-order valence-corrected chi connectivity index (χ3v) is 3.49. The number of aromatic nitrogens is 2. The summed E-state index contributed by atoms with van der Waals surface area (Å²) in [5.41, 5.74) is 0.562. The van der Waals surface area contributed by atoms with Crippen LogP contribution < -0.4 is 0 Å². The van der Waals surface area contributed by atoms with Crippen molar-refractivity contribution >= 4 is 5.78 Å². The second-order valence-electron chi connectivity index (χ2n) is 4.93. The maximum atomic E-state index is 13.1. The number of hydrogen-bond donors (Lipinski definition) is 0. The summed E-state index contributed by atoms with van der Waals surface area (Å²) in [6, 6.07) is 1.69. The standard InChI is InChI=1S/C13H18F2N2O/c1-2-9-17-11(5-8-16-17)12(18)10-3-6-13(14,15)7-4-10/h5,8,10H,2-4,6-7,9H2,1H3. The van der Waals surface area contributed by atoms with E-state index < -0.39 is 5.92 Å². The molecule has 0 N–H and O–H groups in total. The Morgan fingerprint density at radius 3 is 2.78 bits per heavy atom. The number of alkyl halides is 2. The quantitative estimate of drug-likeness (QED) is 0.775. The van der Waals surface area contributed by atoms with Gasteiger partial charge in [-0.15, -0.1) is 0 Å². The van der Waals surface area contributed by atoms with Gasteiger partial charge in [0.1, 0.15) is 5.69 Å². The van der Waals surface area contributed by atoms with E-state index in [1.165, 1.54) is 0 Å². The molecule has 0 aromatic carbocycles. The predicted molar refractivity (Wildman–Crippen MR) is 63.8 cm³/mol. The fourth-order valence-corrected chi connectivity index (χ4v) is 2.44. The van der Waals surface area contributed by atoms with Gasteiger partial charge in [-0.3, -0.25) is 9.48 Å². The van der Waals surface area contributed by atoms with Crippen molar-refractivity contribution in [3.05, 3.63) is 18.0 Å². The molecule has 0 unspecified atom stereocenters. The summed E-state index contributed by atoms with van der Waals surface area (Å²) in [5, 5.41) is 4.10. The van der Waals surface area contributed by atoms with E-state index in [1.54, 1.807) is 16.9 Å². The first-order valence-corrected chi connectivity index (χ1v) is 6.47. The highest BCUT2D eigenvalue weighted by atomic mass is 19.3. The van der Waals surface area contributed by atoms with Crippen LogP contribution in [0.4, 0.5) is 8.78 Å². The molecule has 1 aliphatic rings. The van der Waals surface area contributed by atoms with Crippen LogP contribution in [-0.4, -0.2) is 21.5 Å². The summed E-state index contributed by atoms with van der Waals surface area (Å²) in [5.74, 6) is -2.88. The molecule has 0 amide bonds. The molecule has 3 nitrogen and oxygen atoms in total. The molecule has 0 aliphatic heterocycles. The summed E-state index contributed by atoms with van der Waals surface area (Å²) >= 11 is 0. The molecule has 0 spiro atoms. The van der Waals surface area contributed by atoms with Crippen molar-refractivity contribution < 1.29 is 13.6 Å². The highest BCUT2D eigenvalue weighted by Gasteiger charge is 2.38. The number of nitrogens with zero attached hydrogens (tertiary/aromatic N) is 2. The lowest BCUT2D eigenvalue weighted by molar-refractivity contribution is -0.0425. The molecule has 0 bridgehead atoms. The van der Waals surface area contributed by atoms with Crippen LogP contribution in [-0.2, 0) is 6.54 Å². The van der Waals surface area contributed by atoms with E-state index in [0.29, 0.717) is 12.2 Å². The Hall–Kier alpha value is -1.26. The zero-order chi connectivity index (χ0) is 13.2. The zero-order valence-corrected chi connectivity index (χ0v) is 10.5. The molecule has 0 atom stereocenters. The second kappa shape index (κ2) is 5.16. The van der Waals surface area contributed by atoms with E-state index in [-0.39, 0.29) is 37.4 Å². The van der Waals surface area contributed by atoms with Crippen LogP contribution in [0.15, 0.2) is 12.3 Å². The van der Waals surface area contributed by atoms with Gasteiger partial charge in [0, 0.05) is 31.5 Å². The molecule has 0 radical (unpaired) electrons. The number of Topliss-reactive ketones (excluding diaryl/α,β-unsaturated/α-hetero) is 1. The van der Waals surface area contributed by atoms with Crippen molar-refractivity contribution in [1.82, 2.24) is 9.78 Å². The number of aryl methyl sites for hydroxylation is 1. The molecule has 5 heteroatoms. The molecular formula is C13H18F2N2O. The van der Waals surface area contributed by atoms with Crippen molar-refractivity contribution in [2.45, 2.75) is 51.5 Å². The van der Waals surface area contributed by atoms with Crippen LogP contribution in [0, 0.1) is 5.92 Å². The van der Waals surface area contributed by atoms with Gasteiger partial charge in [0.15, 0.2) is 5.78 Å². The lowest BCUT2D eigenvalue weighted by atomic mass is 9.83. The van der Waals surface area contributed by atoms with Crippen LogP contribution in [0.25, 0.3) is 0 Å². The Morgan fingerprint density at radius 1 is 1.50 bits per heavy atom. The van der Waals surface area contributed by atoms with E-state index >= 15 is 0 Å². The average molecular weight is 256 g/mol. The number of carbonyl (C=O) groups is 1. The lowest BCUT2D eigenvalue weighted by Gasteiger charge is -2.27. The van der Waals surface area contributed by atoms with Gasteiger partial charge in [-0.1, -0.05) is 6.92 Å². The van der Waals surface area contributed by atoms with E-state index in [1.807, 2.05) is 6.92 Å². The van der Waals surface area contributed by atoms with Crippen molar-refractivity contribution in [2.24, 2.45) is 5.92 Å². The minimum absolute atomic E-state index is 0.0311. The average Bonchev–Trinajstić information content (AvgIpc) is 2.77. The number of carbonyl (C=O) groups excluding carboxylic acids is 1. The highest BCUT2D eigenvalue weighted by Crippen LogP contribution is 2.37. The van der Waals surface area contributed by atoms with Crippen LogP contribution in [0.2, 0.25) is 0 Å². The van der Waals surface area contributed by atoms with Crippen molar-refractivity contribution in [1.29, 1.82) is 0 Å². The summed E-state index contributed by atoms with van der Waals surface area (Å²) in [6.45, 7) is 2.70. The Kier molecular flexibility index (Phi) is 3.78. The number of rotatable bonds is 4. The Labute approximate surface area is 105 Å². The Morgan fingerprint density at radius 2 is 2.17 bits per heavy atom. The summed E-state index contributed by atoms with van der Waals surface area (Å²) < 4.78 is 27.8. The van der Waals surface area contributed by atoms with Gasteiger partial charge in [-0.05, 0) is 25.3 Å². The first-order chi connectivity index (χ1) is 8.53. The van der Waals surface area contributed by atoms with Gasteiger partial charge in [0.25, 0.3) is 0 Å². The van der Waals surface area contributed by atoms with Gasteiger partial charge < -0.3 is 0 Å². The Balaban J connectivity index is 2.05. The molecule has 0 saturated heterocycles. The van der Waals surface area contributed by atoms with Crippen molar-refractivity contribution in [3.63, 3.8) is 0 Å². The fourth-order valence-electron chi connectivity index (χ4n) is 2.44. The summed E-state index contributed by atoms with van der Waals surface area (Å²) in [7, 11) is 0. The van der Waals surface area contributed by atoms with E-state index in [9.17, 15) is 13.6 Å². The lowest BCUT2D eigenvalue weighted by Crippen LogP contribution is -2.29. The zero-order valence-electron chi connectivity index (χ0n) is 10.5. The molecule has 2 rings (SSSR count). The molecule has 1 fully saturated rings. The second-order valence-corrected chi connectivity index (χ2v) is 4.93. The van der Waals surface area contributed by atoms with Crippen LogP contribution in [0.1, 0.15) is 49.5 Å². The monoisotopic (exact) mass is 256 g/mol. The first-order valence-electron chi connectivity index (χ1n) is 6.47. The molecular weight excluding hydrogens is 238 g/mol. The number of halogens is 2. The van der Waals surface area contributed by atoms with Crippen LogP contribution >= 0.6 is 0 Å².